The fourth-order valence-electron chi connectivity index (χ4n) is 3.10. The molecule has 2 aromatic carbocycles. The van der Waals surface area contributed by atoms with Gasteiger partial charge in [-0.25, -0.2) is 0 Å². The number of allylic oxidation sites excluding steroid dienone is 1. The first-order valence-electron chi connectivity index (χ1n) is 10.8. The van der Waals surface area contributed by atoms with Crippen molar-refractivity contribution in [2.75, 3.05) is 6.61 Å². The van der Waals surface area contributed by atoms with Gasteiger partial charge >= 0.3 is 0 Å². The van der Waals surface area contributed by atoms with Crippen LogP contribution in [-0.2, 0) is 6.42 Å². The smallest absolute Gasteiger partial charge is 0.185 e. The van der Waals surface area contributed by atoms with Gasteiger partial charge in [0, 0.05) is 11.1 Å². The van der Waals surface area contributed by atoms with E-state index < -0.39 is 0 Å². The highest BCUT2D eigenvalue weighted by Gasteiger charge is 2.15. The first-order valence-corrected chi connectivity index (χ1v) is 10.8. The average Bonchev–Trinajstić information content (AvgIpc) is 2.68. The molecule has 0 aliphatic carbocycles. The first kappa shape index (κ1) is 23.5. The Hall–Kier alpha value is -2.75. The van der Waals surface area contributed by atoms with E-state index in [0.717, 1.165) is 41.2 Å². The topological polar surface area (TPSA) is 44.8 Å². The van der Waals surface area contributed by atoms with Crippen LogP contribution in [0.25, 0.3) is 6.08 Å². The molecule has 0 fully saturated rings. The van der Waals surface area contributed by atoms with Crippen molar-refractivity contribution in [2.24, 2.45) is 0 Å². The molecule has 4 nitrogen and oxygen atoms in total. The number of rotatable bonds is 11. The SMILES string of the molecule is CCCc1c(OC(C)C)cc(C=CC(=O)c2ccc(OCC)cc2)cc1OC(C)C. The molecule has 0 atom stereocenters. The van der Waals surface area contributed by atoms with Crippen molar-refractivity contribution in [3.05, 3.63) is 59.2 Å². The zero-order chi connectivity index (χ0) is 22.1. The van der Waals surface area contributed by atoms with Crippen molar-refractivity contribution in [1.82, 2.24) is 0 Å². The van der Waals surface area contributed by atoms with Crippen LogP contribution in [0.5, 0.6) is 17.2 Å². The van der Waals surface area contributed by atoms with Crippen LogP contribution in [0.3, 0.4) is 0 Å². The summed E-state index contributed by atoms with van der Waals surface area (Å²) in [5.74, 6) is 2.33. The molecule has 0 unspecified atom stereocenters. The van der Waals surface area contributed by atoms with Crippen molar-refractivity contribution >= 4 is 11.9 Å². The van der Waals surface area contributed by atoms with E-state index in [-0.39, 0.29) is 18.0 Å². The molecule has 30 heavy (non-hydrogen) atoms. The molecule has 0 aromatic heterocycles. The molecule has 0 amide bonds. The minimum atomic E-state index is -0.0617. The number of hydrogen-bond acceptors (Lipinski definition) is 4. The van der Waals surface area contributed by atoms with Gasteiger partial charge in [0.05, 0.1) is 18.8 Å². The molecule has 0 spiro atoms. The van der Waals surface area contributed by atoms with Crippen LogP contribution in [0.2, 0.25) is 0 Å². The molecule has 0 bridgehead atoms. The summed E-state index contributed by atoms with van der Waals surface area (Å²) in [5.41, 5.74) is 2.57. The molecule has 0 aliphatic rings. The summed E-state index contributed by atoms with van der Waals surface area (Å²) in [6.45, 7) is 12.7. The third-order valence-electron chi connectivity index (χ3n) is 4.29. The van der Waals surface area contributed by atoms with Crippen molar-refractivity contribution in [3.63, 3.8) is 0 Å². The number of ketones is 1. The van der Waals surface area contributed by atoms with Gasteiger partial charge in [-0.2, -0.15) is 0 Å². The summed E-state index contributed by atoms with van der Waals surface area (Å²) in [7, 11) is 0. The van der Waals surface area contributed by atoms with Crippen molar-refractivity contribution < 1.29 is 19.0 Å². The maximum Gasteiger partial charge on any atom is 0.185 e. The van der Waals surface area contributed by atoms with Gasteiger partial charge in [0.1, 0.15) is 17.2 Å². The van der Waals surface area contributed by atoms with E-state index in [9.17, 15) is 4.79 Å². The first-order chi connectivity index (χ1) is 14.3. The maximum atomic E-state index is 12.6. The quantitative estimate of drug-likeness (QED) is 0.313. The second-order valence-electron chi connectivity index (χ2n) is 7.73. The summed E-state index contributed by atoms with van der Waals surface area (Å²) in [6.07, 6.45) is 5.38. The van der Waals surface area contributed by atoms with Crippen LogP contribution < -0.4 is 14.2 Å². The Kier molecular flexibility index (Phi) is 8.97. The van der Waals surface area contributed by atoms with Gasteiger partial charge in [0.15, 0.2) is 5.78 Å². The Balaban J connectivity index is 2.33. The summed E-state index contributed by atoms with van der Waals surface area (Å²) < 4.78 is 17.6. The summed E-state index contributed by atoms with van der Waals surface area (Å²) in [4.78, 5) is 12.6. The molecule has 2 aromatic rings. The monoisotopic (exact) mass is 410 g/mol. The maximum absolute atomic E-state index is 12.6. The lowest BCUT2D eigenvalue weighted by molar-refractivity contribution is 0.104. The van der Waals surface area contributed by atoms with E-state index in [1.807, 2.05) is 65.0 Å². The summed E-state index contributed by atoms with van der Waals surface area (Å²) in [5, 5.41) is 0. The fraction of sp³-hybridized carbons (Fsp3) is 0.423. The Labute approximate surface area is 180 Å². The van der Waals surface area contributed by atoms with E-state index in [0.29, 0.717) is 12.2 Å². The van der Waals surface area contributed by atoms with E-state index in [4.69, 9.17) is 14.2 Å². The molecule has 0 aliphatic heterocycles. The zero-order valence-corrected chi connectivity index (χ0v) is 19.0. The molecular formula is C26H34O4. The number of carbonyl (C=O) groups excluding carboxylic acids is 1. The van der Waals surface area contributed by atoms with Crippen LogP contribution >= 0.6 is 0 Å². The van der Waals surface area contributed by atoms with Gasteiger partial charge in [-0.1, -0.05) is 19.4 Å². The second kappa shape index (κ2) is 11.4. The predicted octanol–water partition coefficient (Wildman–Crippen LogP) is 6.51. The van der Waals surface area contributed by atoms with Crippen LogP contribution in [-0.4, -0.2) is 24.6 Å². The zero-order valence-electron chi connectivity index (χ0n) is 19.0. The van der Waals surface area contributed by atoms with Crippen molar-refractivity contribution in [2.45, 2.75) is 66.6 Å². The van der Waals surface area contributed by atoms with Gasteiger partial charge in [0.2, 0.25) is 0 Å². The highest BCUT2D eigenvalue weighted by molar-refractivity contribution is 6.06. The second-order valence-corrected chi connectivity index (χ2v) is 7.73. The largest absolute Gasteiger partial charge is 0.494 e. The number of carbonyl (C=O) groups is 1. The van der Waals surface area contributed by atoms with Crippen LogP contribution in [0.4, 0.5) is 0 Å². The van der Waals surface area contributed by atoms with Gasteiger partial charge < -0.3 is 14.2 Å². The molecule has 0 saturated carbocycles. The minimum Gasteiger partial charge on any atom is -0.494 e. The summed E-state index contributed by atoms with van der Waals surface area (Å²) in [6, 6.07) is 11.2. The lowest BCUT2D eigenvalue weighted by Crippen LogP contribution is -2.12. The lowest BCUT2D eigenvalue weighted by atomic mass is 10.0. The predicted molar refractivity (Wildman–Crippen MR) is 123 cm³/mol. The molecule has 2 rings (SSSR count). The van der Waals surface area contributed by atoms with E-state index >= 15 is 0 Å². The standard InChI is InChI=1S/C26H34O4/c1-7-9-23-25(29-18(3)4)16-20(17-26(23)30-19(5)6)10-15-24(27)21-11-13-22(14-12-21)28-8-2/h10-19H,7-9H2,1-6H3. The van der Waals surface area contributed by atoms with Crippen molar-refractivity contribution in [1.29, 1.82) is 0 Å². The average molecular weight is 411 g/mol. The fourth-order valence-corrected chi connectivity index (χ4v) is 3.10. The molecule has 0 saturated heterocycles. The molecular weight excluding hydrogens is 376 g/mol. The summed E-state index contributed by atoms with van der Waals surface area (Å²) >= 11 is 0. The van der Waals surface area contributed by atoms with Crippen LogP contribution in [0.15, 0.2) is 42.5 Å². The highest BCUT2D eigenvalue weighted by atomic mass is 16.5. The Morgan fingerprint density at radius 2 is 1.50 bits per heavy atom. The lowest BCUT2D eigenvalue weighted by Gasteiger charge is -2.20. The van der Waals surface area contributed by atoms with Crippen LogP contribution in [0.1, 0.15) is 69.4 Å². The number of hydrogen-bond donors (Lipinski definition) is 0. The third kappa shape index (κ3) is 6.94. The Morgan fingerprint density at radius 3 is 1.97 bits per heavy atom. The Morgan fingerprint density at radius 1 is 0.933 bits per heavy atom. The van der Waals surface area contributed by atoms with Crippen molar-refractivity contribution in [3.8, 4) is 17.2 Å². The molecule has 0 radical (unpaired) electrons. The van der Waals surface area contributed by atoms with Gasteiger partial charge in [0.25, 0.3) is 0 Å². The van der Waals surface area contributed by atoms with E-state index in [1.54, 1.807) is 18.2 Å². The molecule has 4 heteroatoms. The van der Waals surface area contributed by atoms with Crippen LogP contribution in [0, 0.1) is 0 Å². The molecule has 0 N–H and O–H groups in total. The van der Waals surface area contributed by atoms with E-state index in [2.05, 4.69) is 6.92 Å². The van der Waals surface area contributed by atoms with Gasteiger partial charge in [-0.05, 0) is 89.1 Å². The van der Waals surface area contributed by atoms with Gasteiger partial charge in [-0.15, -0.1) is 0 Å². The normalized spacial score (nSPS) is 11.3. The highest BCUT2D eigenvalue weighted by Crippen LogP contribution is 2.34. The minimum absolute atomic E-state index is 0.0530. The number of ether oxygens (including phenoxy) is 3. The number of benzene rings is 2. The van der Waals surface area contributed by atoms with Gasteiger partial charge in [-0.3, -0.25) is 4.79 Å². The molecule has 162 valence electrons. The van der Waals surface area contributed by atoms with E-state index in [1.165, 1.54) is 0 Å². The third-order valence-corrected chi connectivity index (χ3v) is 4.29. The Bertz CT molecular complexity index is 817. The molecule has 0 heterocycles.